The largest absolute Gasteiger partial charge is 0.477 e. The zero-order valence-electron chi connectivity index (χ0n) is 15.7. The van der Waals surface area contributed by atoms with Crippen LogP contribution in [0.25, 0.3) is 0 Å². The number of carboxylic acids is 1. The Morgan fingerprint density at radius 3 is 2.50 bits per heavy atom. The van der Waals surface area contributed by atoms with Crippen LogP contribution < -0.4 is 10.6 Å². The Bertz CT molecular complexity index is 560. The monoisotopic (exact) mass is 408 g/mol. The van der Waals surface area contributed by atoms with Crippen molar-refractivity contribution in [1.29, 1.82) is 0 Å². The van der Waals surface area contributed by atoms with Crippen LogP contribution in [0.3, 0.4) is 0 Å². The van der Waals surface area contributed by atoms with Crippen molar-refractivity contribution in [2.45, 2.75) is 62.4 Å². The van der Waals surface area contributed by atoms with Gasteiger partial charge in [0.25, 0.3) is 5.79 Å². The molecule has 1 saturated heterocycles. The van der Waals surface area contributed by atoms with E-state index >= 15 is 0 Å². The molecule has 0 spiro atoms. The number of methoxy groups -OCH3 is 1. The number of rotatable bonds is 10. The molecule has 1 fully saturated rings. The smallest absolute Gasteiger partial charge is 0.364 e. The Kier molecular flexibility index (Phi) is 9.20. The fourth-order valence-corrected chi connectivity index (χ4v) is 2.83. The first kappa shape index (κ1) is 24.2. The summed E-state index contributed by atoms with van der Waals surface area (Å²) >= 11 is 0. The number of hydrogen-bond acceptors (Lipinski definition) is 9. The summed E-state index contributed by atoms with van der Waals surface area (Å²) in [7, 11) is 1.49. The van der Waals surface area contributed by atoms with Gasteiger partial charge in [0.15, 0.2) is 0 Å². The fourth-order valence-electron chi connectivity index (χ4n) is 2.83. The topological polar surface area (TPSA) is 195 Å². The highest BCUT2D eigenvalue weighted by atomic mass is 16.7. The normalized spacial score (nSPS) is 29.6. The van der Waals surface area contributed by atoms with Crippen molar-refractivity contribution in [3.8, 4) is 0 Å². The lowest BCUT2D eigenvalue weighted by Crippen LogP contribution is -2.67. The van der Waals surface area contributed by atoms with E-state index in [2.05, 4.69) is 10.6 Å². The van der Waals surface area contributed by atoms with E-state index in [9.17, 15) is 34.8 Å². The first-order chi connectivity index (χ1) is 13.0. The summed E-state index contributed by atoms with van der Waals surface area (Å²) in [6.07, 6.45) is -6.88. The summed E-state index contributed by atoms with van der Waals surface area (Å²) < 4.78 is 9.84. The minimum atomic E-state index is -2.82. The molecule has 0 aromatic heterocycles. The highest BCUT2D eigenvalue weighted by molar-refractivity contribution is 5.76. The van der Waals surface area contributed by atoms with Crippen LogP contribution in [0.1, 0.15) is 26.2 Å². The maximum Gasteiger partial charge on any atom is 0.364 e. The molecule has 1 unspecified atom stereocenters. The average molecular weight is 408 g/mol. The third-order valence-corrected chi connectivity index (χ3v) is 4.28. The second-order valence-electron chi connectivity index (χ2n) is 6.63. The first-order valence-corrected chi connectivity index (χ1v) is 8.72. The van der Waals surface area contributed by atoms with Gasteiger partial charge in [-0.25, -0.2) is 4.79 Å². The molecular formula is C16H28N2O10. The van der Waals surface area contributed by atoms with Gasteiger partial charge in [-0.05, 0) is 6.42 Å². The number of carbonyl (C=O) groups is 3. The zero-order valence-corrected chi connectivity index (χ0v) is 15.7. The van der Waals surface area contributed by atoms with Gasteiger partial charge in [-0.15, -0.1) is 0 Å². The maximum absolute atomic E-state index is 11.7. The fraction of sp³-hybridized carbons (Fsp3) is 0.812. The number of aliphatic carboxylic acids is 1. The number of aliphatic hydroxyl groups is 4. The van der Waals surface area contributed by atoms with Crippen LogP contribution in [-0.4, -0.2) is 99.8 Å². The van der Waals surface area contributed by atoms with Gasteiger partial charge in [-0.3, -0.25) is 9.59 Å². The van der Waals surface area contributed by atoms with Gasteiger partial charge in [-0.2, -0.15) is 0 Å². The SMILES string of the molecule is COCCCC(=O)NC[C@@H](O)[C@@H](O)C1O[C@](O)(C(=O)O)C[C@@H](O)[C@H]1NC(C)=O. The van der Waals surface area contributed by atoms with Crippen LogP contribution in [-0.2, 0) is 23.9 Å². The van der Waals surface area contributed by atoms with E-state index in [1.165, 1.54) is 7.11 Å². The van der Waals surface area contributed by atoms with Crippen LogP contribution in [0.15, 0.2) is 0 Å². The van der Waals surface area contributed by atoms with E-state index in [0.29, 0.717) is 13.0 Å². The van der Waals surface area contributed by atoms with Crippen molar-refractivity contribution in [2.24, 2.45) is 0 Å². The Hall–Kier alpha value is -1.83. The molecule has 12 heteroatoms. The first-order valence-electron chi connectivity index (χ1n) is 8.72. The predicted molar refractivity (Wildman–Crippen MR) is 91.8 cm³/mol. The summed E-state index contributed by atoms with van der Waals surface area (Å²) in [6, 6.07) is -1.29. The standard InChI is InChI=1S/C16H28N2O10/c1-8(19)18-12-9(20)6-16(26,15(24)25)28-14(12)13(23)10(21)7-17-11(22)4-3-5-27-2/h9-10,12-14,20-21,23,26H,3-7H2,1-2H3,(H,17,22)(H,18,19)(H,24,25)/t9-,10-,12-,13-,14?,16+/m1/s1. The average Bonchev–Trinajstić information content (AvgIpc) is 2.61. The van der Waals surface area contributed by atoms with Gasteiger partial charge >= 0.3 is 5.97 Å². The third kappa shape index (κ3) is 6.65. The minimum Gasteiger partial charge on any atom is -0.477 e. The summed E-state index contributed by atoms with van der Waals surface area (Å²) in [5.41, 5.74) is 0. The second-order valence-corrected chi connectivity index (χ2v) is 6.63. The van der Waals surface area contributed by atoms with Gasteiger partial charge in [0.1, 0.15) is 12.2 Å². The van der Waals surface area contributed by atoms with E-state index in [1.54, 1.807) is 0 Å². The van der Waals surface area contributed by atoms with E-state index in [4.69, 9.17) is 14.6 Å². The number of nitrogens with one attached hydrogen (secondary N) is 2. The molecule has 28 heavy (non-hydrogen) atoms. The molecule has 0 aliphatic carbocycles. The van der Waals surface area contributed by atoms with Crippen molar-refractivity contribution in [2.75, 3.05) is 20.3 Å². The lowest BCUT2D eigenvalue weighted by atomic mass is 9.88. The summed E-state index contributed by atoms with van der Waals surface area (Å²) in [6.45, 7) is 1.10. The zero-order chi connectivity index (χ0) is 21.5. The lowest BCUT2D eigenvalue weighted by Gasteiger charge is -2.44. The molecular weight excluding hydrogens is 380 g/mol. The minimum absolute atomic E-state index is 0.128. The van der Waals surface area contributed by atoms with Crippen molar-refractivity contribution < 1.29 is 49.4 Å². The molecule has 1 heterocycles. The van der Waals surface area contributed by atoms with Crippen molar-refractivity contribution in [1.82, 2.24) is 10.6 Å². The van der Waals surface area contributed by atoms with Gasteiger partial charge in [0.05, 0.1) is 18.2 Å². The third-order valence-electron chi connectivity index (χ3n) is 4.28. The van der Waals surface area contributed by atoms with Crippen molar-refractivity contribution in [3.63, 3.8) is 0 Å². The van der Waals surface area contributed by atoms with E-state index in [0.717, 1.165) is 6.92 Å². The molecule has 0 radical (unpaired) electrons. The number of hydrogen-bond donors (Lipinski definition) is 7. The van der Waals surface area contributed by atoms with Crippen LogP contribution in [0, 0.1) is 0 Å². The summed E-state index contributed by atoms with van der Waals surface area (Å²) in [5.74, 6) is -5.63. The van der Waals surface area contributed by atoms with Crippen LogP contribution in [0.2, 0.25) is 0 Å². The number of ether oxygens (including phenoxy) is 2. The Morgan fingerprint density at radius 2 is 1.96 bits per heavy atom. The van der Waals surface area contributed by atoms with Crippen LogP contribution in [0.4, 0.5) is 0 Å². The lowest BCUT2D eigenvalue weighted by molar-refractivity contribution is -0.294. The van der Waals surface area contributed by atoms with Gasteiger partial charge in [0.2, 0.25) is 11.8 Å². The molecule has 0 aromatic rings. The molecule has 0 aromatic carbocycles. The molecule has 6 atom stereocenters. The van der Waals surface area contributed by atoms with Gasteiger partial charge in [-0.1, -0.05) is 0 Å². The molecule has 0 bridgehead atoms. The van der Waals surface area contributed by atoms with Crippen LogP contribution in [0.5, 0.6) is 0 Å². The van der Waals surface area contributed by atoms with Crippen LogP contribution >= 0.6 is 0 Å². The molecule has 162 valence electrons. The highest BCUT2D eigenvalue weighted by Crippen LogP contribution is 2.30. The maximum atomic E-state index is 11.7. The molecule has 7 N–H and O–H groups in total. The molecule has 1 aliphatic rings. The number of carbonyl (C=O) groups excluding carboxylic acids is 2. The van der Waals surface area contributed by atoms with Gasteiger partial charge in [0, 0.05) is 40.0 Å². The second kappa shape index (κ2) is 10.6. The molecule has 2 amide bonds. The molecule has 1 aliphatic heterocycles. The van der Waals surface area contributed by atoms with Crippen molar-refractivity contribution in [3.05, 3.63) is 0 Å². The molecule has 0 saturated carbocycles. The number of carboxylic acid groups (broad SMARTS) is 1. The van der Waals surface area contributed by atoms with E-state index in [-0.39, 0.29) is 6.42 Å². The Balaban J connectivity index is 2.82. The number of aliphatic hydroxyl groups excluding tert-OH is 3. The predicted octanol–water partition coefficient (Wildman–Crippen LogP) is -3.32. The summed E-state index contributed by atoms with van der Waals surface area (Å²) in [4.78, 5) is 34.3. The van der Waals surface area contributed by atoms with E-state index < -0.39 is 67.0 Å². The van der Waals surface area contributed by atoms with Gasteiger partial charge < -0.3 is 45.6 Å². The molecule has 1 rings (SSSR count). The Labute approximate surface area is 161 Å². The Morgan fingerprint density at radius 1 is 1.32 bits per heavy atom. The summed E-state index contributed by atoms with van der Waals surface area (Å²) in [5, 5.41) is 54.5. The van der Waals surface area contributed by atoms with E-state index in [1.807, 2.05) is 0 Å². The number of amides is 2. The molecule has 12 nitrogen and oxygen atoms in total. The quantitative estimate of drug-likeness (QED) is 0.180. The highest BCUT2D eigenvalue weighted by Gasteiger charge is 2.53. The van der Waals surface area contributed by atoms with Crippen molar-refractivity contribution >= 4 is 17.8 Å².